The number of hydrogen-bond donors (Lipinski definition) is 0. The van der Waals surface area contributed by atoms with Gasteiger partial charge in [0.1, 0.15) is 11.3 Å². The maximum absolute atomic E-state index is 12.8. The summed E-state index contributed by atoms with van der Waals surface area (Å²) in [6.45, 7) is 4.16. The summed E-state index contributed by atoms with van der Waals surface area (Å²) in [5.74, 6) is 1.01. The first-order chi connectivity index (χ1) is 12.6. The number of thiophene rings is 1. The molecule has 1 aliphatic heterocycles. The zero-order valence-electron chi connectivity index (χ0n) is 15.1. The molecule has 0 saturated carbocycles. The largest absolute Gasteiger partial charge is 0.343 e. The molecule has 6 nitrogen and oxygen atoms in total. The van der Waals surface area contributed by atoms with Crippen molar-refractivity contribution in [1.82, 2.24) is 19.1 Å². The maximum Gasteiger partial charge on any atom is 0.291 e. The summed E-state index contributed by atoms with van der Waals surface area (Å²) >= 11 is 1.63. The van der Waals surface area contributed by atoms with E-state index in [-0.39, 0.29) is 11.5 Å². The molecule has 3 aromatic heterocycles. The second kappa shape index (κ2) is 7.23. The number of aromatic nitrogens is 3. The summed E-state index contributed by atoms with van der Waals surface area (Å²) in [7, 11) is 0. The molecule has 4 heterocycles. The first-order valence-electron chi connectivity index (χ1n) is 9.39. The Kier molecular flexibility index (Phi) is 4.80. The SMILES string of the molecule is Cc1nn(CCCC(=O)N2CCCCCC2)c(=O)c2cc3sccc3n12. The number of fused-ring (bicyclic) bond motifs is 3. The molecule has 4 rings (SSSR count). The van der Waals surface area contributed by atoms with Crippen molar-refractivity contribution in [3.63, 3.8) is 0 Å². The van der Waals surface area contributed by atoms with Crippen molar-refractivity contribution in [2.75, 3.05) is 13.1 Å². The molecule has 26 heavy (non-hydrogen) atoms. The monoisotopic (exact) mass is 372 g/mol. The molecule has 3 aromatic rings. The molecule has 138 valence electrons. The van der Waals surface area contributed by atoms with E-state index >= 15 is 0 Å². The van der Waals surface area contributed by atoms with Crippen molar-refractivity contribution in [3.05, 3.63) is 33.7 Å². The second-order valence-corrected chi connectivity index (χ2v) is 7.96. The van der Waals surface area contributed by atoms with Crippen LogP contribution in [0.3, 0.4) is 0 Å². The molecule has 0 N–H and O–H groups in total. The summed E-state index contributed by atoms with van der Waals surface area (Å²) in [5, 5.41) is 6.50. The molecule has 1 fully saturated rings. The lowest BCUT2D eigenvalue weighted by Crippen LogP contribution is -2.32. The topological polar surface area (TPSA) is 59.6 Å². The van der Waals surface area contributed by atoms with E-state index in [9.17, 15) is 9.59 Å². The second-order valence-electron chi connectivity index (χ2n) is 7.01. The molecule has 0 aromatic carbocycles. The van der Waals surface area contributed by atoms with E-state index in [1.54, 1.807) is 11.3 Å². The van der Waals surface area contributed by atoms with Gasteiger partial charge in [0.2, 0.25) is 5.91 Å². The Hall–Kier alpha value is -2.15. The van der Waals surface area contributed by atoms with Crippen molar-refractivity contribution < 1.29 is 4.79 Å². The van der Waals surface area contributed by atoms with Gasteiger partial charge in [0, 0.05) is 26.1 Å². The fourth-order valence-electron chi connectivity index (χ4n) is 3.84. The predicted molar refractivity (Wildman–Crippen MR) is 104 cm³/mol. The highest BCUT2D eigenvalue weighted by atomic mass is 32.1. The lowest BCUT2D eigenvalue weighted by Gasteiger charge is -2.20. The highest BCUT2D eigenvalue weighted by Crippen LogP contribution is 2.24. The van der Waals surface area contributed by atoms with Crippen molar-refractivity contribution in [3.8, 4) is 0 Å². The molecule has 0 aliphatic carbocycles. The maximum atomic E-state index is 12.8. The lowest BCUT2D eigenvalue weighted by molar-refractivity contribution is -0.131. The number of nitrogens with zero attached hydrogens (tertiary/aromatic N) is 4. The Balaban J connectivity index is 1.48. The smallest absolute Gasteiger partial charge is 0.291 e. The molecule has 0 unspecified atom stereocenters. The van der Waals surface area contributed by atoms with Crippen LogP contribution in [0.1, 0.15) is 44.3 Å². The molecule has 0 radical (unpaired) electrons. The molecule has 1 saturated heterocycles. The van der Waals surface area contributed by atoms with Crippen LogP contribution in [0.2, 0.25) is 0 Å². The van der Waals surface area contributed by atoms with Crippen LogP contribution in [0.15, 0.2) is 22.3 Å². The van der Waals surface area contributed by atoms with E-state index in [0.29, 0.717) is 24.9 Å². The van der Waals surface area contributed by atoms with Crippen LogP contribution in [-0.2, 0) is 11.3 Å². The van der Waals surface area contributed by atoms with Gasteiger partial charge in [-0.05, 0) is 43.7 Å². The standard InChI is InChI=1S/C19H24N4O2S/c1-14-20-22(11-6-7-18(24)21-9-4-2-3-5-10-21)19(25)16-13-17-15(23(14)16)8-12-26-17/h8,12-13H,2-7,9-11H2,1H3. The highest BCUT2D eigenvalue weighted by Gasteiger charge is 2.16. The third-order valence-electron chi connectivity index (χ3n) is 5.18. The van der Waals surface area contributed by atoms with Crippen LogP contribution in [0.5, 0.6) is 0 Å². The number of hydrogen-bond acceptors (Lipinski definition) is 4. The first-order valence-corrected chi connectivity index (χ1v) is 10.3. The third kappa shape index (κ3) is 3.16. The minimum absolute atomic E-state index is 0.0822. The Morgan fingerprint density at radius 2 is 1.96 bits per heavy atom. The van der Waals surface area contributed by atoms with Gasteiger partial charge in [-0.2, -0.15) is 5.10 Å². The first kappa shape index (κ1) is 17.3. The van der Waals surface area contributed by atoms with Crippen LogP contribution in [-0.4, -0.2) is 38.1 Å². The van der Waals surface area contributed by atoms with Gasteiger partial charge < -0.3 is 4.90 Å². The van der Waals surface area contributed by atoms with Crippen LogP contribution in [0.4, 0.5) is 0 Å². The number of carbonyl (C=O) groups excluding carboxylic acids is 1. The molecular weight excluding hydrogens is 348 g/mol. The summed E-state index contributed by atoms with van der Waals surface area (Å²) in [5.41, 5.74) is 1.62. The molecule has 1 amide bonds. The fraction of sp³-hybridized carbons (Fsp3) is 0.526. The Bertz CT molecular complexity index is 992. The third-order valence-corrected chi connectivity index (χ3v) is 6.04. The average molecular weight is 372 g/mol. The normalized spacial score (nSPS) is 15.7. The van der Waals surface area contributed by atoms with E-state index in [2.05, 4.69) is 5.10 Å². The Morgan fingerprint density at radius 3 is 2.73 bits per heavy atom. The van der Waals surface area contributed by atoms with Gasteiger partial charge >= 0.3 is 0 Å². The number of amides is 1. The highest BCUT2D eigenvalue weighted by molar-refractivity contribution is 7.17. The van der Waals surface area contributed by atoms with E-state index in [1.807, 2.05) is 33.7 Å². The number of rotatable bonds is 4. The van der Waals surface area contributed by atoms with Gasteiger partial charge in [0.05, 0.1) is 10.2 Å². The number of aryl methyl sites for hydroxylation is 2. The average Bonchev–Trinajstić information content (AvgIpc) is 3.10. The summed E-state index contributed by atoms with van der Waals surface area (Å²) in [6.07, 6.45) is 5.78. The summed E-state index contributed by atoms with van der Waals surface area (Å²) in [4.78, 5) is 27.1. The zero-order valence-corrected chi connectivity index (χ0v) is 15.9. The lowest BCUT2D eigenvalue weighted by atomic mass is 10.2. The molecule has 0 spiro atoms. The van der Waals surface area contributed by atoms with Crippen molar-refractivity contribution in [2.24, 2.45) is 0 Å². The minimum atomic E-state index is -0.0822. The molecule has 1 aliphatic rings. The van der Waals surface area contributed by atoms with Crippen LogP contribution < -0.4 is 5.56 Å². The van der Waals surface area contributed by atoms with Gasteiger partial charge in [0.15, 0.2) is 0 Å². The van der Waals surface area contributed by atoms with Gasteiger partial charge in [-0.25, -0.2) is 4.68 Å². The fourth-order valence-corrected chi connectivity index (χ4v) is 4.64. The predicted octanol–water partition coefficient (Wildman–Crippen LogP) is 3.20. The van der Waals surface area contributed by atoms with Crippen LogP contribution >= 0.6 is 11.3 Å². The number of carbonyl (C=O) groups is 1. The summed E-state index contributed by atoms with van der Waals surface area (Å²) < 4.78 is 4.54. The van der Waals surface area contributed by atoms with Gasteiger partial charge in [-0.15, -0.1) is 11.3 Å². The van der Waals surface area contributed by atoms with Crippen molar-refractivity contribution >= 4 is 33.0 Å². The quantitative estimate of drug-likeness (QED) is 0.707. The van der Waals surface area contributed by atoms with E-state index in [4.69, 9.17) is 0 Å². The van der Waals surface area contributed by atoms with Crippen LogP contribution in [0, 0.1) is 6.92 Å². The van der Waals surface area contributed by atoms with Gasteiger partial charge in [-0.3, -0.25) is 14.0 Å². The van der Waals surface area contributed by atoms with Gasteiger partial charge in [0.25, 0.3) is 5.56 Å². The molecule has 0 bridgehead atoms. The minimum Gasteiger partial charge on any atom is -0.343 e. The number of likely N-dealkylation sites (tertiary alicyclic amines) is 1. The molecule has 0 atom stereocenters. The van der Waals surface area contributed by atoms with E-state index in [0.717, 1.165) is 42.0 Å². The van der Waals surface area contributed by atoms with E-state index in [1.165, 1.54) is 17.5 Å². The van der Waals surface area contributed by atoms with Crippen molar-refractivity contribution in [2.45, 2.75) is 52.0 Å². The summed E-state index contributed by atoms with van der Waals surface area (Å²) in [6, 6.07) is 3.96. The Morgan fingerprint density at radius 1 is 1.19 bits per heavy atom. The van der Waals surface area contributed by atoms with Gasteiger partial charge in [-0.1, -0.05) is 12.8 Å². The van der Waals surface area contributed by atoms with E-state index < -0.39 is 0 Å². The molecular formula is C19H24N4O2S. The molecule has 7 heteroatoms. The van der Waals surface area contributed by atoms with Crippen LogP contribution in [0.25, 0.3) is 15.7 Å². The Labute approximate surface area is 156 Å². The zero-order chi connectivity index (χ0) is 18.1. The van der Waals surface area contributed by atoms with Crippen molar-refractivity contribution in [1.29, 1.82) is 0 Å².